The second-order valence-corrected chi connectivity index (χ2v) is 7.34. The Hall–Kier alpha value is -2.73. The van der Waals surface area contributed by atoms with Crippen molar-refractivity contribution in [2.75, 3.05) is 20.8 Å². The largest absolute Gasteiger partial charge is 0.493 e. The van der Waals surface area contributed by atoms with Crippen LogP contribution in [0.25, 0.3) is 0 Å². The number of methoxy groups -OCH3 is 2. The van der Waals surface area contributed by atoms with Crippen LogP contribution in [-0.4, -0.2) is 32.7 Å². The lowest BCUT2D eigenvalue weighted by Crippen LogP contribution is -2.33. The van der Waals surface area contributed by atoms with E-state index in [1.807, 2.05) is 30.3 Å². The minimum Gasteiger partial charge on any atom is -0.493 e. The number of halogens is 1. The first-order chi connectivity index (χ1) is 13.8. The highest BCUT2D eigenvalue weighted by molar-refractivity contribution is 6.32. The van der Waals surface area contributed by atoms with Gasteiger partial charge in [0.15, 0.2) is 18.1 Å². The highest BCUT2D eigenvalue weighted by Gasteiger charge is 2.19. The maximum atomic E-state index is 12.4. The van der Waals surface area contributed by atoms with Gasteiger partial charge in [-0.05, 0) is 30.0 Å². The second kappa shape index (κ2) is 10.7. The van der Waals surface area contributed by atoms with Crippen LogP contribution in [0, 0.1) is 5.92 Å². The molecule has 0 aliphatic carbocycles. The number of carbonyl (C=O) groups is 2. The molecule has 0 aliphatic rings. The van der Waals surface area contributed by atoms with Crippen molar-refractivity contribution in [2.45, 2.75) is 26.3 Å². The zero-order chi connectivity index (χ0) is 21.4. The minimum absolute atomic E-state index is 0.155. The van der Waals surface area contributed by atoms with Crippen LogP contribution >= 0.6 is 11.6 Å². The number of ether oxygens (including phenoxy) is 3. The monoisotopic (exact) mass is 419 g/mol. The van der Waals surface area contributed by atoms with Gasteiger partial charge >= 0.3 is 5.97 Å². The van der Waals surface area contributed by atoms with E-state index in [-0.39, 0.29) is 22.5 Å². The van der Waals surface area contributed by atoms with Crippen molar-refractivity contribution in [2.24, 2.45) is 5.92 Å². The van der Waals surface area contributed by atoms with Crippen LogP contribution < -0.4 is 14.8 Å². The molecular formula is C22H26ClNO5. The van der Waals surface area contributed by atoms with Crippen molar-refractivity contribution in [1.29, 1.82) is 0 Å². The van der Waals surface area contributed by atoms with Gasteiger partial charge < -0.3 is 19.5 Å². The van der Waals surface area contributed by atoms with Crippen LogP contribution in [0.2, 0.25) is 5.02 Å². The normalized spacial score (nSPS) is 11.7. The van der Waals surface area contributed by atoms with Crippen LogP contribution in [0.3, 0.4) is 0 Å². The Labute approximate surface area is 176 Å². The van der Waals surface area contributed by atoms with Crippen molar-refractivity contribution in [1.82, 2.24) is 5.32 Å². The fraction of sp³-hybridized carbons (Fsp3) is 0.364. The molecule has 0 unspecified atom stereocenters. The average molecular weight is 420 g/mol. The van der Waals surface area contributed by atoms with Gasteiger partial charge in [-0.15, -0.1) is 0 Å². The molecule has 2 rings (SSSR count). The summed E-state index contributed by atoms with van der Waals surface area (Å²) < 4.78 is 15.5. The second-order valence-electron chi connectivity index (χ2n) is 6.93. The van der Waals surface area contributed by atoms with Crippen LogP contribution in [0.5, 0.6) is 11.5 Å². The van der Waals surface area contributed by atoms with Gasteiger partial charge in [0.2, 0.25) is 0 Å². The van der Waals surface area contributed by atoms with Crippen LogP contribution in [0.4, 0.5) is 0 Å². The molecule has 0 saturated carbocycles. The Bertz CT molecular complexity index is 839. The number of rotatable bonds is 9. The summed E-state index contributed by atoms with van der Waals surface area (Å²) in [6.07, 6.45) is 0.773. The number of hydrogen-bond acceptors (Lipinski definition) is 5. The molecule has 156 valence electrons. The molecule has 29 heavy (non-hydrogen) atoms. The van der Waals surface area contributed by atoms with Gasteiger partial charge in [0, 0.05) is 0 Å². The molecule has 0 heterocycles. The fourth-order valence-corrected chi connectivity index (χ4v) is 3.21. The Morgan fingerprint density at radius 3 is 2.34 bits per heavy atom. The Morgan fingerprint density at radius 2 is 1.76 bits per heavy atom. The van der Waals surface area contributed by atoms with Gasteiger partial charge in [0.05, 0.1) is 30.8 Å². The first kappa shape index (κ1) is 22.6. The topological polar surface area (TPSA) is 73.9 Å². The van der Waals surface area contributed by atoms with E-state index in [2.05, 4.69) is 19.2 Å². The summed E-state index contributed by atoms with van der Waals surface area (Å²) in [7, 11) is 2.89. The third-order valence-electron chi connectivity index (χ3n) is 4.25. The summed E-state index contributed by atoms with van der Waals surface area (Å²) in [5.41, 5.74) is 1.18. The standard InChI is InChI=1S/C22H26ClNO5/c1-14(2)10-18(15-8-6-5-7-9-15)24-20(25)13-29-22(26)16-11-17(23)21(28-4)19(12-16)27-3/h5-9,11-12,14,18H,10,13H2,1-4H3,(H,24,25)/t18-/m1/s1. The molecular weight excluding hydrogens is 394 g/mol. The number of hydrogen-bond donors (Lipinski definition) is 1. The molecule has 1 amide bonds. The summed E-state index contributed by atoms with van der Waals surface area (Å²) in [6, 6.07) is 12.4. The minimum atomic E-state index is -0.678. The van der Waals surface area contributed by atoms with Gasteiger partial charge in [-0.1, -0.05) is 55.8 Å². The smallest absolute Gasteiger partial charge is 0.338 e. The number of benzene rings is 2. The summed E-state index contributed by atoms with van der Waals surface area (Å²) in [5.74, 6) is -0.0418. The molecule has 2 aromatic rings. The Kier molecular flexibility index (Phi) is 8.34. The van der Waals surface area contributed by atoms with E-state index in [9.17, 15) is 9.59 Å². The van der Waals surface area contributed by atoms with E-state index >= 15 is 0 Å². The summed E-state index contributed by atoms with van der Waals surface area (Å²) in [5, 5.41) is 3.15. The first-order valence-corrected chi connectivity index (χ1v) is 9.66. The molecule has 1 atom stereocenters. The fourth-order valence-electron chi connectivity index (χ4n) is 2.92. The molecule has 0 radical (unpaired) electrons. The lowest BCUT2D eigenvalue weighted by molar-refractivity contribution is -0.125. The lowest BCUT2D eigenvalue weighted by atomic mass is 9.97. The van der Waals surface area contributed by atoms with E-state index in [0.717, 1.165) is 12.0 Å². The number of amides is 1. The van der Waals surface area contributed by atoms with Gasteiger partial charge in [-0.25, -0.2) is 4.79 Å². The molecule has 0 spiro atoms. The third kappa shape index (κ3) is 6.39. The first-order valence-electron chi connectivity index (χ1n) is 9.28. The van der Waals surface area contributed by atoms with Crippen molar-refractivity contribution in [3.05, 3.63) is 58.6 Å². The quantitative estimate of drug-likeness (QED) is 0.609. The highest BCUT2D eigenvalue weighted by atomic mass is 35.5. The van der Waals surface area contributed by atoms with Crippen LogP contribution in [0.1, 0.15) is 42.2 Å². The van der Waals surface area contributed by atoms with Gasteiger partial charge in [0.25, 0.3) is 5.91 Å². The van der Waals surface area contributed by atoms with Crippen LogP contribution in [-0.2, 0) is 9.53 Å². The molecule has 7 heteroatoms. The van der Waals surface area contributed by atoms with Crippen molar-refractivity contribution < 1.29 is 23.8 Å². The van der Waals surface area contributed by atoms with Gasteiger partial charge in [-0.3, -0.25) is 4.79 Å². The molecule has 2 aromatic carbocycles. The lowest BCUT2D eigenvalue weighted by Gasteiger charge is -2.21. The van der Waals surface area contributed by atoms with Crippen molar-refractivity contribution in [3.63, 3.8) is 0 Å². The summed E-state index contributed by atoms with van der Waals surface area (Å²) in [6.45, 7) is 3.78. The van der Waals surface area contributed by atoms with E-state index in [0.29, 0.717) is 17.4 Å². The third-order valence-corrected chi connectivity index (χ3v) is 4.53. The zero-order valence-corrected chi connectivity index (χ0v) is 17.8. The molecule has 0 aliphatic heterocycles. The summed E-state index contributed by atoms with van der Waals surface area (Å²) >= 11 is 6.11. The summed E-state index contributed by atoms with van der Waals surface area (Å²) in [4.78, 5) is 24.7. The van der Waals surface area contributed by atoms with E-state index in [4.69, 9.17) is 25.8 Å². The van der Waals surface area contributed by atoms with Gasteiger partial charge in [0.1, 0.15) is 0 Å². The molecule has 0 aromatic heterocycles. The van der Waals surface area contributed by atoms with Crippen molar-refractivity contribution >= 4 is 23.5 Å². The number of esters is 1. The molecule has 0 fully saturated rings. The Balaban J connectivity index is 2.02. The van der Waals surface area contributed by atoms with E-state index in [1.165, 1.54) is 26.4 Å². The highest BCUT2D eigenvalue weighted by Crippen LogP contribution is 2.36. The van der Waals surface area contributed by atoms with E-state index in [1.54, 1.807) is 0 Å². The predicted molar refractivity (Wildman–Crippen MR) is 112 cm³/mol. The molecule has 1 N–H and O–H groups in total. The molecule has 6 nitrogen and oxygen atoms in total. The number of nitrogens with one attached hydrogen (secondary N) is 1. The van der Waals surface area contributed by atoms with Crippen molar-refractivity contribution in [3.8, 4) is 11.5 Å². The van der Waals surface area contributed by atoms with Crippen LogP contribution in [0.15, 0.2) is 42.5 Å². The maximum Gasteiger partial charge on any atom is 0.338 e. The molecule has 0 bridgehead atoms. The van der Waals surface area contributed by atoms with Gasteiger partial charge in [-0.2, -0.15) is 0 Å². The van der Waals surface area contributed by atoms with E-state index < -0.39 is 12.6 Å². The SMILES string of the molecule is COc1cc(C(=O)OCC(=O)N[C@H](CC(C)C)c2ccccc2)cc(Cl)c1OC. The zero-order valence-electron chi connectivity index (χ0n) is 17.0. The Morgan fingerprint density at radius 1 is 1.07 bits per heavy atom. The predicted octanol–water partition coefficient (Wildman–Crippen LogP) is 4.42. The average Bonchev–Trinajstić information content (AvgIpc) is 2.71. The maximum absolute atomic E-state index is 12.4. The number of carbonyl (C=O) groups excluding carboxylic acids is 2. The molecule has 0 saturated heterocycles.